The Morgan fingerprint density at radius 2 is 1.29 bits per heavy atom. The molecule has 3 heteroatoms. The van der Waals surface area contributed by atoms with Crippen LogP contribution in [0.15, 0.2) is 29.1 Å². The van der Waals surface area contributed by atoms with Crippen LogP contribution >= 0.6 is 11.6 Å². The molecule has 0 nitrogen and oxygen atoms in total. The Kier molecular flexibility index (Phi) is 4.45. The molecule has 0 saturated heterocycles. The van der Waals surface area contributed by atoms with Gasteiger partial charge in [-0.05, 0) is 17.7 Å². The smallest absolute Gasteiger partial charge is 0.0682 e. The lowest BCUT2D eigenvalue weighted by molar-refractivity contribution is 1.61. The van der Waals surface area contributed by atoms with E-state index in [2.05, 4.69) is 57.5 Å². The maximum Gasteiger partial charge on any atom is 0.0682 e. The molecule has 1 rings (SSSR count). The first-order valence-corrected chi connectivity index (χ1v) is 13.5. The highest BCUT2D eigenvalue weighted by Crippen LogP contribution is 2.27. The summed E-state index contributed by atoms with van der Waals surface area (Å²) in [5.41, 5.74) is 1.29. The number of hydrogen-bond donors (Lipinski definition) is 0. The molecule has 1 aromatic rings. The Balaban J connectivity index is 3.20. The molecule has 94 valence electrons. The van der Waals surface area contributed by atoms with E-state index in [0.717, 1.165) is 5.02 Å². The fourth-order valence-corrected chi connectivity index (χ4v) is 12.6. The quantitative estimate of drug-likeness (QED) is 0.644. The van der Waals surface area contributed by atoms with Crippen LogP contribution in [-0.2, 0) is 0 Å². The average molecular weight is 283 g/mol. The SMILES string of the molecule is C[Si](C)(C)C(=Cc1ccc(Cl)cc1)[Si](C)(C)C. The fourth-order valence-electron chi connectivity index (χ4n) is 2.28. The van der Waals surface area contributed by atoms with Crippen LogP contribution in [0.5, 0.6) is 0 Å². The molecule has 0 spiro atoms. The minimum Gasteiger partial charge on any atom is -0.0906 e. The first-order valence-electron chi connectivity index (χ1n) is 6.09. The van der Waals surface area contributed by atoms with Gasteiger partial charge in [0.2, 0.25) is 0 Å². The number of halogens is 1. The van der Waals surface area contributed by atoms with E-state index < -0.39 is 16.1 Å². The second-order valence-electron chi connectivity index (χ2n) is 6.61. The number of benzene rings is 1. The molecule has 0 aliphatic rings. The van der Waals surface area contributed by atoms with Crippen molar-refractivity contribution in [2.75, 3.05) is 0 Å². The predicted octanol–water partition coefficient (Wildman–Crippen LogP) is 5.48. The molecule has 0 aliphatic heterocycles. The average Bonchev–Trinajstić information content (AvgIpc) is 2.13. The predicted molar refractivity (Wildman–Crippen MR) is 86.1 cm³/mol. The first-order chi connectivity index (χ1) is 7.60. The summed E-state index contributed by atoms with van der Waals surface area (Å²) in [7, 11) is -2.46. The number of rotatable bonds is 3. The zero-order chi connectivity index (χ0) is 13.3. The van der Waals surface area contributed by atoms with Crippen LogP contribution in [0, 0.1) is 0 Å². The van der Waals surface area contributed by atoms with Gasteiger partial charge in [0.05, 0.1) is 16.1 Å². The minimum absolute atomic E-state index is 0.810. The molecule has 0 unspecified atom stereocenters. The van der Waals surface area contributed by atoms with Crippen LogP contribution in [0.25, 0.3) is 6.08 Å². The maximum atomic E-state index is 5.92. The summed E-state index contributed by atoms with van der Waals surface area (Å²) >= 11 is 5.92. The van der Waals surface area contributed by atoms with Crippen LogP contribution in [0.1, 0.15) is 5.56 Å². The lowest BCUT2D eigenvalue weighted by atomic mass is 10.2. The Labute approximate surface area is 113 Å². The Morgan fingerprint density at radius 3 is 1.65 bits per heavy atom. The molecular weight excluding hydrogens is 260 g/mol. The van der Waals surface area contributed by atoms with Gasteiger partial charge in [0.15, 0.2) is 0 Å². The summed E-state index contributed by atoms with van der Waals surface area (Å²) < 4.78 is 0. The zero-order valence-electron chi connectivity index (χ0n) is 11.8. The first kappa shape index (κ1) is 14.7. The van der Waals surface area contributed by atoms with Gasteiger partial charge in [-0.15, -0.1) is 0 Å². The van der Waals surface area contributed by atoms with Crippen molar-refractivity contribution in [1.82, 2.24) is 0 Å². The van der Waals surface area contributed by atoms with Gasteiger partial charge in [0, 0.05) is 5.02 Å². The lowest BCUT2D eigenvalue weighted by Gasteiger charge is -2.31. The normalized spacial score (nSPS) is 12.4. The highest BCUT2D eigenvalue weighted by atomic mass is 35.5. The molecule has 0 saturated carbocycles. The van der Waals surface area contributed by atoms with Crippen molar-refractivity contribution < 1.29 is 0 Å². The third-order valence-corrected chi connectivity index (χ3v) is 11.1. The molecule has 0 bridgehead atoms. The van der Waals surface area contributed by atoms with E-state index in [4.69, 9.17) is 11.6 Å². The topological polar surface area (TPSA) is 0 Å². The molecule has 17 heavy (non-hydrogen) atoms. The van der Waals surface area contributed by atoms with Crippen molar-refractivity contribution in [3.05, 3.63) is 39.7 Å². The van der Waals surface area contributed by atoms with Gasteiger partial charge in [0.25, 0.3) is 0 Å². The van der Waals surface area contributed by atoms with E-state index in [9.17, 15) is 0 Å². The molecule has 0 aromatic heterocycles. The molecule has 0 atom stereocenters. The van der Waals surface area contributed by atoms with E-state index in [1.165, 1.54) is 5.56 Å². The minimum atomic E-state index is -1.23. The van der Waals surface area contributed by atoms with Gasteiger partial charge < -0.3 is 0 Å². The monoisotopic (exact) mass is 282 g/mol. The van der Waals surface area contributed by atoms with Gasteiger partial charge >= 0.3 is 0 Å². The Hall–Kier alpha value is -0.316. The fraction of sp³-hybridized carbons (Fsp3) is 0.429. The Bertz CT molecular complexity index is 389. The highest BCUT2D eigenvalue weighted by Gasteiger charge is 2.30. The van der Waals surface area contributed by atoms with E-state index in [0.29, 0.717) is 0 Å². The van der Waals surface area contributed by atoms with Crippen LogP contribution in [-0.4, -0.2) is 16.1 Å². The Morgan fingerprint density at radius 1 is 0.882 bits per heavy atom. The summed E-state index contributed by atoms with van der Waals surface area (Å²) in [4.78, 5) is 1.73. The van der Waals surface area contributed by atoms with Gasteiger partial charge in [-0.2, -0.15) is 0 Å². The van der Waals surface area contributed by atoms with Crippen molar-refractivity contribution in [3.8, 4) is 0 Å². The second kappa shape index (κ2) is 5.13. The summed E-state index contributed by atoms with van der Waals surface area (Å²) in [5, 5.41) is 0.810. The second-order valence-corrected chi connectivity index (χ2v) is 17.6. The third kappa shape index (κ3) is 4.45. The molecule has 0 aliphatic carbocycles. The number of hydrogen-bond acceptors (Lipinski definition) is 0. The molecule has 0 heterocycles. The molecule has 0 radical (unpaired) electrons. The summed E-state index contributed by atoms with van der Waals surface area (Å²) in [6.45, 7) is 14.6. The molecule has 0 fully saturated rings. The van der Waals surface area contributed by atoms with Crippen molar-refractivity contribution in [2.24, 2.45) is 0 Å². The summed E-state index contributed by atoms with van der Waals surface area (Å²) in [6.07, 6.45) is 2.41. The van der Waals surface area contributed by atoms with Crippen LogP contribution in [0.4, 0.5) is 0 Å². The third-order valence-electron chi connectivity index (χ3n) is 2.80. The zero-order valence-corrected chi connectivity index (χ0v) is 14.5. The van der Waals surface area contributed by atoms with E-state index in [-0.39, 0.29) is 0 Å². The largest absolute Gasteiger partial charge is 0.0906 e. The van der Waals surface area contributed by atoms with Crippen LogP contribution in [0.2, 0.25) is 44.3 Å². The van der Waals surface area contributed by atoms with Crippen molar-refractivity contribution >= 4 is 33.8 Å². The van der Waals surface area contributed by atoms with Crippen molar-refractivity contribution in [2.45, 2.75) is 39.3 Å². The summed E-state index contributed by atoms with van der Waals surface area (Å²) in [5.74, 6) is 0. The van der Waals surface area contributed by atoms with E-state index in [1.54, 1.807) is 4.82 Å². The molecule has 0 N–H and O–H groups in total. The van der Waals surface area contributed by atoms with Crippen molar-refractivity contribution in [3.63, 3.8) is 0 Å². The lowest BCUT2D eigenvalue weighted by Crippen LogP contribution is -2.39. The van der Waals surface area contributed by atoms with Gasteiger partial charge in [-0.25, -0.2) is 0 Å². The van der Waals surface area contributed by atoms with Gasteiger partial charge in [-0.3, -0.25) is 0 Å². The summed E-state index contributed by atoms with van der Waals surface area (Å²) in [6, 6.07) is 8.17. The van der Waals surface area contributed by atoms with E-state index in [1.807, 2.05) is 12.1 Å². The molecule has 1 aromatic carbocycles. The standard InChI is InChI=1S/C14H23ClSi2/c1-16(2,3)14(17(4,5)6)11-12-7-9-13(15)10-8-12/h7-11H,1-6H3. The molecular formula is C14H23ClSi2. The van der Waals surface area contributed by atoms with Crippen molar-refractivity contribution in [1.29, 1.82) is 0 Å². The van der Waals surface area contributed by atoms with Crippen LogP contribution < -0.4 is 0 Å². The van der Waals surface area contributed by atoms with Gasteiger partial charge in [0.1, 0.15) is 0 Å². The highest BCUT2D eigenvalue weighted by molar-refractivity contribution is 7.05. The van der Waals surface area contributed by atoms with Crippen LogP contribution in [0.3, 0.4) is 0 Å². The van der Waals surface area contributed by atoms with Gasteiger partial charge in [-0.1, -0.05) is 73.9 Å². The molecule has 0 amide bonds. The van der Waals surface area contributed by atoms with E-state index >= 15 is 0 Å². The maximum absolute atomic E-state index is 5.92.